The van der Waals surface area contributed by atoms with E-state index < -0.39 is 0 Å². The van der Waals surface area contributed by atoms with E-state index in [1.54, 1.807) is 0 Å². The number of nitrogens with one attached hydrogen (secondary N) is 1. The van der Waals surface area contributed by atoms with Crippen LogP contribution in [0.15, 0.2) is 42.5 Å². The van der Waals surface area contributed by atoms with Crippen LogP contribution in [0.4, 0.5) is 10.5 Å². The maximum Gasteiger partial charge on any atom is 0.321 e. The quantitative estimate of drug-likeness (QED) is 0.843. The Bertz CT molecular complexity index is 877. The second-order valence-corrected chi connectivity index (χ2v) is 8.22. The first kappa shape index (κ1) is 19.7. The van der Waals surface area contributed by atoms with Gasteiger partial charge in [-0.25, -0.2) is 4.79 Å². The summed E-state index contributed by atoms with van der Waals surface area (Å²) in [6.07, 6.45) is 1.58. The molecule has 6 nitrogen and oxygen atoms in total. The highest BCUT2D eigenvalue weighted by Gasteiger charge is 2.33. The fourth-order valence-electron chi connectivity index (χ4n) is 4.47. The van der Waals surface area contributed by atoms with Crippen molar-refractivity contribution in [1.82, 2.24) is 9.80 Å². The molecule has 0 unspecified atom stereocenters. The van der Waals surface area contributed by atoms with E-state index in [-0.39, 0.29) is 30.1 Å². The van der Waals surface area contributed by atoms with Gasteiger partial charge in [0.1, 0.15) is 0 Å². The minimum Gasteiger partial charge on any atom is -0.372 e. The highest BCUT2D eigenvalue weighted by molar-refractivity contribution is 6.01. The maximum absolute atomic E-state index is 12.9. The number of carbonyl (C=O) groups excluding carboxylic acids is 2. The highest BCUT2D eigenvalue weighted by Crippen LogP contribution is 2.25. The summed E-state index contributed by atoms with van der Waals surface area (Å²) in [5, 5.41) is 5.18. The van der Waals surface area contributed by atoms with E-state index >= 15 is 0 Å². The van der Waals surface area contributed by atoms with Crippen LogP contribution in [0, 0.1) is 5.92 Å². The Kier molecular flexibility index (Phi) is 5.72. The third-order valence-electron chi connectivity index (χ3n) is 5.89. The number of ether oxygens (including phenoxy) is 1. The second-order valence-electron chi connectivity index (χ2n) is 8.22. The lowest BCUT2D eigenvalue weighted by Crippen LogP contribution is -2.52. The van der Waals surface area contributed by atoms with Crippen molar-refractivity contribution in [3.8, 4) is 0 Å². The summed E-state index contributed by atoms with van der Waals surface area (Å²) in [7, 11) is 0. The average molecular weight is 396 g/mol. The van der Waals surface area contributed by atoms with Crippen molar-refractivity contribution in [2.75, 3.05) is 31.5 Å². The van der Waals surface area contributed by atoms with Gasteiger partial charge < -0.3 is 19.9 Å². The van der Waals surface area contributed by atoms with Gasteiger partial charge in [0.2, 0.25) is 5.91 Å². The summed E-state index contributed by atoms with van der Waals surface area (Å²) >= 11 is 0. The first-order valence-corrected chi connectivity index (χ1v) is 10.5. The molecule has 2 heterocycles. The topological polar surface area (TPSA) is 61.9 Å². The van der Waals surface area contributed by atoms with Crippen LogP contribution in [0.5, 0.6) is 0 Å². The Labute approximate surface area is 171 Å². The van der Waals surface area contributed by atoms with E-state index in [9.17, 15) is 9.59 Å². The summed E-state index contributed by atoms with van der Waals surface area (Å²) < 4.78 is 5.73. The number of benzene rings is 2. The van der Waals surface area contributed by atoms with Crippen LogP contribution in [0.3, 0.4) is 0 Å². The van der Waals surface area contributed by atoms with Gasteiger partial charge in [0.25, 0.3) is 0 Å². The van der Waals surface area contributed by atoms with Crippen molar-refractivity contribution in [3.63, 3.8) is 0 Å². The minimum absolute atomic E-state index is 0.00546. The molecule has 2 atom stereocenters. The molecule has 2 aliphatic heterocycles. The summed E-state index contributed by atoms with van der Waals surface area (Å²) in [4.78, 5) is 29.4. The molecule has 6 heteroatoms. The number of anilines is 1. The van der Waals surface area contributed by atoms with E-state index in [1.807, 2.05) is 66.1 Å². The van der Waals surface area contributed by atoms with Gasteiger partial charge in [-0.1, -0.05) is 36.4 Å². The number of hydrogen-bond acceptors (Lipinski definition) is 3. The van der Waals surface area contributed by atoms with Crippen LogP contribution >= 0.6 is 0 Å². The van der Waals surface area contributed by atoms with Crippen molar-refractivity contribution < 1.29 is 14.3 Å². The zero-order valence-corrected chi connectivity index (χ0v) is 17.1. The summed E-state index contributed by atoms with van der Waals surface area (Å²) in [5.74, 6) is 0.204. The lowest BCUT2D eigenvalue weighted by molar-refractivity contribution is -0.148. The van der Waals surface area contributed by atoms with Crippen molar-refractivity contribution in [2.24, 2.45) is 5.92 Å². The van der Waals surface area contributed by atoms with Crippen molar-refractivity contribution in [2.45, 2.75) is 38.9 Å². The molecule has 0 saturated carbocycles. The van der Waals surface area contributed by atoms with Gasteiger partial charge in [0, 0.05) is 37.5 Å². The standard InChI is InChI=1S/C23H29N3O3/c1-16-14-26(15-17(2)29-16)22(27)19-10-12-25(13-11-19)23(28)24-21-9-5-7-18-6-3-4-8-20(18)21/h3-9,16-17,19H,10-15H2,1-2H3,(H,24,28)/t16-,17-/m0/s1. The molecule has 3 amide bonds. The van der Waals surface area contributed by atoms with E-state index in [2.05, 4.69) is 5.32 Å². The fourth-order valence-corrected chi connectivity index (χ4v) is 4.47. The molecule has 0 radical (unpaired) electrons. The van der Waals surface area contributed by atoms with Crippen LogP contribution in [-0.4, -0.2) is 60.1 Å². The lowest BCUT2D eigenvalue weighted by Gasteiger charge is -2.39. The van der Waals surface area contributed by atoms with E-state index in [4.69, 9.17) is 4.74 Å². The number of fused-ring (bicyclic) bond motifs is 1. The van der Waals surface area contributed by atoms with E-state index in [0.29, 0.717) is 39.0 Å². The zero-order chi connectivity index (χ0) is 20.4. The molecule has 0 bridgehead atoms. The van der Waals surface area contributed by atoms with Gasteiger partial charge in [-0.15, -0.1) is 0 Å². The van der Waals surface area contributed by atoms with E-state index in [1.165, 1.54) is 0 Å². The number of morpholine rings is 1. The number of hydrogen-bond donors (Lipinski definition) is 1. The minimum atomic E-state index is -0.0964. The van der Waals surface area contributed by atoms with Gasteiger partial charge in [-0.2, -0.15) is 0 Å². The van der Waals surface area contributed by atoms with Crippen LogP contribution < -0.4 is 5.32 Å². The van der Waals surface area contributed by atoms with Crippen LogP contribution in [-0.2, 0) is 9.53 Å². The van der Waals surface area contributed by atoms with E-state index in [0.717, 1.165) is 16.5 Å². The molecule has 2 aromatic rings. The monoisotopic (exact) mass is 395 g/mol. The molecule has 154 valence electrons. The Hall–Kier alpha value is -2.60. The molecule has 1 N–H and O–H groups in total. The molecule has 2 saturated heterocycles. The molecule has 2 aromatic carbocycles. The lowest BCUT2D eigenvalue weighted by atomic mass is 9.95. The van der Waals surface area contributed by atoms with Crippen LogP contribution in [0.2, 0.25) is 0 Å². The molecular formula is C23H29N3O3. The largest absolute Gasteiger partial charge is 0.372 e. The summed E-state index contributed by atoms with van der Waals surface area (Å²) in [6, 6.07) is 13.8. The number of amides is 3. The number of nitrogens with zero attached hydrogens (tertiary/aromatic N) is 2. The van der Waals surface area contributed by atoms with Gasteiger partial charge in [-0.05, 0) is 38.1 Å². The Morgan fingerprint density at radius 2 is 1.59 bits per heavy atom. The van der Waals surface area contributed by atoms with Gasteiger partial charge in [-0.3, -0.25) is 4.79 Å². The molecule has 2 fully saturated rings. The third-order valence-corrected chi connectivity index (χ3v) is 5.89. The van der Waals surface area contributed by atoms with Crippen molar-refractivity contribution in [1.29, 1.82) is 0 Å². The molecule has 2 aliphatic rings. The number of rotatable bonds is 2. The number of likely N-dealkylation sites (tertiary alicyclic amines) is 1. The number of piperidine rings is 1. The molecule has 29 heavy (non-hydrogen) atoms. The Balaban J connectivity index is 1.34. The normalized spacial score (nSPS) is 23.2. The zero-order valence-electron chi connectivity index (χ0n) is 17.1. The Morgan fingerprint density at radius 1 is 0.931 bits per heavy atom. The van der Waals surface area contributed by atoms with Gasteiger partial charge >= 0.3 is 6.03 Å². The van der Waals surface area contributed by atoms with Crippen LogP contribution in [0.25, 0.3) is 10.8 Å². The molecular weight excluding hydrogens is 366 g/mol. The molecule has 0 aromatic heterocycles. The average Bonchev–Trinajstić information content (AvgIpc) is 2.73. The first-order valence-electron chi connectivity index (χ1n) is 10.5. The van der Waals surface area contributed by atoms with Gasteiger partial charge in [0.05, 0.1) is 17.9 Å². The number of carbonyl (C=O) groups is 2. The molecule has 0 spiro atoms. The molecule has 4 rings (SSSR count). The fraction of sp³-hybridized carbons (Fsp3) is 0.478. The smallest absolute Gasteiger partial charge is 0.321 e. The third kappa shape index (κ3) is 4.37. The maximum atomic E-state index is 12.9. The second kappa shape index (κ2) is 8.41. The van der Waals surface area contributed by atoms with Gasteiger partial charge in [0.15, 0.2) is 0 Å². The Morgan fingerprint density at radius 3 is 2.31 bits per heavy atom. The van der Waals surface area contributed by atoms with Crippen molar-refractivity contribution in [3.05, 3.63) is 42.5 Å². The highest BCUT2D eigenvalue weighted by atomic mass is 16.5. The van der Waals surface area contributed by atoms with Crippen LogP contribution in [0.1, 0.15) is 26.7 Å². The number of urea groups is 1. The summed E-state index contributed by atoms with van der Waals surface area (Å²) in [5.41, 5.74) is 0.822. The predicted octanol–water partition coefficient (Wildman–Crippen LogP) is 3.72. The molecule has 0 aliphatic carbocycles. The van der Waals surface area contributed by atoms with Crippen molar-refractivity contribution >= 4 is 28.4 Å². The SMILES string of the molecule is C[C@H]1CN(C(=O)C2CCN(C(=O)Nc3cccc4ccccc34)CC2)C[C@H](C)O1. The first-order chi connectivity index (χ1) is 14.0. The predicted molar refractivity (Wildman–Crippen MR) is 114 cm³/mol. The summed E-state index contributed by atoms with van der Waals surface area (Å²) in [6.45, 7) is 6.53.